The summed E-state index contributed by atoms with van der Waals surface area (Å²) < 4.78 is 0. The topological polar surface area (TPSA) is 48.8 Å². The predicted octanol–water partition coefficient (Wildman–Crippen LogP) is 3.04. The standard InChI is InChI=1S/C7H13N3/c1-3-5-7(6-4-2)9-10-8/h3,7H,1,4-6H2,2H3/t7-/m1/s1. The number of azide groups is 1. The normalized spacial score (nSPS) is 11.7. The Morgan fingerprint density at radius 1 is 1.80 bits per heavy atom. The van der Waals surface area contributed by atoms with E-state index < -0.39 is 0 Å². The fourth-order valence-corrected chi connectivity index (χ4v) is 0.821. The van der Waals surface area contributed by atoms with E-state index in [2.05, 4.69) is 23.5 Å². The minimum Gasteiger partial charge on any atom is -0.103 e. The lowest BCUT2D eigenvalue weighted by Gasteiger charge is -2.03. The largest absolute Gasteiger partial charge is 0.103 e. The zero-order chi connectivity index (χ0) is 7.82. The van der Waals surface area contributed by atoms with Crippen LogP contribution in [0.1, 0.15) is 26.2 Å². The van der Waals surface area contributed by atoms with Crippen LogP contribution in [0.15, 0.2) is 17.8 Å². The minimum absolute atomic E-state index is 0.118. The van der Waals surface area contributed by atoms with Crippen LogP contribution in [0.2, 0.25) is 0 Å². The SMILES string of the molecule is C=CC[C@H](CCC)N=[N+]=[N-]. The van der Waals surface area contributed by atoms with Gasteiger partial charge in [0.1, 0.15) is 0 Å². The van der Waals surface area contributed by atoms with Crippen molar-refractivity contribution in [1.29, 1.82) is 0 Å². The Bertz CT molecular complexity index is 136. The third-order valence-electron chi connectivity index (χ3n) is 1.28. The Labute approximate surface area is 61.4 Å². The molecular formula is C7H13N3. The van der Waals surface area contributed by atoms with Gasteiger partial charge in [0.15, 0.2) is 0 Å². The first kappa shape index (κ1) is 9.05. The minimum atomic E-state index is 0.118. The van der Waals surface area contributed by atoms with E-state index in [1.165, 1.54) is 0 Å². The molecule has 0 amide bonds. The van der Waals surface area contributed by atoms with Crippen LogP contribution in [0, 0.1) is 0 Å². The first-order valence-corrected chi connectivity index (χ1v) is 3.50. The van der Waals surface area contributed by atoms with Gasteiger partial charge in [-0.3, -0.25) is 0 Å². The van der Waals surface area contributed by atoms with Gasteiger partial charge in [-0.2, -0.15) is 0 Å². The van der Waals surface area contributed by atoms with Crippen LogP contribution in [-0.4, -0.2) is 6.04 Å². The fourth-order valence-electron chi connectivity index (χ4n) is 0.821. The first-order chi connectivity index (χ1) is 4.85. The molecule has 0 aliphatic heterocycles. The molecule has 3 nitrogen and oxygen atoms in total. The molecule has 56 valence electrons. The molecule has 0 heterocycles. The third-order valence-corrected chi connectivity index (χ3v) is 1.28. The van der Waals surface area contributed by atoms with Gasteiger partial charge < -0.3 is 0 Å². The van der Waals surface area contributed by atoms with Crippen LogP contribution in [-0.2, 0) is 0 Å². The van der Waals surface area contributed by atoms with Crippen molar-refractivity contribution in [3.05, 3.63) is 23.1 Å². The maximum atomic E-state index is 8.11. The molecule has 0 aliphatic carbocycles. The van der Waals surface area contributed by atoms with Crippen molar-refractivity contribution in [2.75, 3.05) is 0 Å². The van der Waals surface area contributed by atoms with Crippen LogP contribution < -0.4 is 0 Å². The van der Waals surface area contributed by atoms with Crippen molar-refractivity contribution in [2.24, 2.45) is 5.11 Å². The predicted molar refractivity (Wildman–Crippen MR) is 42.7 cm³/mol. The second-order valence-corrected chi connectivity index (χ2v) is 2.17. The van der Waals surface area contributed by atoms with E-state index in [0.29, 0.717) is 0 Å². The number of rotatable bonds is 5. The second-order valence-electron chi connectivity index (χ2n) is 2.17. The maximum Gasteiger partial charge on any atom is 0.0408 e. The van der Waals surface area contributed by atoms with E-state index in [-0.39, 0.29) is 6.04 Å². The molecule has 0 saturated carbocycles. The van der Waals surface area contributed by atoms with Gasteiger partial charge in [-0.25, -0.2) is 0 Å². The van der Waals surface area contributed by atoms with Crippen molar-refractivity contribution >= 4 is 0 Å². The van der Waals surface area contributed by atoms with Crippen molar-refractivity contribution in [2.45, 2.75) is 32.2 Å². The lowest BCUT2D eigenvalue weighted by molar-refractivity contribution is 0.607. The summed E-state index contributed by atoms with van der Waals surface area (Å²) in [5.41, 5.74) is 8.11. The summed E-state index contributed by atoms with van der Waals surface area (Å²) in [7, 11) is 0. The highest BCUT2D eigenvalue weighted by Crippen LogP contribution is 2.06. The molecule has 0 radical (unpaired) electrons. The zero-order valence-electron chi connectivity index (χ0n) is 6.32. The fraction of sp³-hybridized carbons (Fsp3) is 0.714. The van der Waals surface area contributed by atoms with Gasteiger partial charge in [-0.15, -0.1) is 6.58 Å². The molecule has 0 unspecified atom stereocenters. The molecule has 3 heteroatoms. The van der Waals surface area contributed by atoms with Crippen LogP contribution in [0.3, 0.4) is 0 Å². The zero-order valence-corrected chi connectivity index (χ0v) is 6.32. The number of hydrogen-bond acceptors (Lipinski definition) is 1. The molecular weight excluding hydrogens is 126 g/mol. The van der Waals surface area contributed by atoms with Crippen LogP contribution in [0.5, 0.6) is 0 Å². The summed E-state index contributed by atoms with van der Waals surface area (Å²) >= 11 is 0. The molecule has 0 saturated heterocycles. The molecule has 0 rings (SSSR count). The van der Waals surface area contributed by atoms with E-state index >= 15 is 0 Å². The Balaban J connectivity index is 3.70. The van der Waals surface area contributed by atoms with Crippen molar-refractivity contribution in [3.63, 3.8) is 0 Å². The Kier molecular flexibility index (Phi) is 5.59. The van der Waals surface area contributed by atoms with Crippen molar-refractivity contribution in [3.8, 4) is 0 Å². The van der Waals surface area contributed by atoms with Gasteiger partial charge in [0, 0.05) is 11.0 Å². The average Bonchev–Trinajstić information content (AvgIpc) is 1.90. The Morgan fingerprint density at radius 3 is 2.90 bits per heavy atom. The molecule has 0 spiro atoms. The van der Waals surface area contributed by atoms with Gasteiger partial charge in [0.2, 0.25) is 0 Å². The number of hydrogen-bond donors (Lipinski definition) is 0. The van der Waals surface area contributed by atoms with E-state index in [4.69, 9.17) is 5.53 Å². The molecule has 1 atom stereocenters. The average molecular weight is 139 g/mol. The summed E-state index contributed by atoms with van der Waals surface area (Å²) in [6, 6.07) is 0.118. The van der Waals surface area contributed by atoms with Crippen molar-refractivity contribution in [1.82, 2.24) is 0 Å². The molecule has 0 fully saturated rings. The molecule has 10 heavy (non-hydrogen) atoms. The summed E-state index contributed by atoms with van der Waals surface area (Å²) in [4.78, 5) is 2.75. The second kappa shape index (κ2) is 6.17. The molecule has 0 aromatic rings. The Morgan fingerprint density at radius 2 is 2.50 bits per heavy atom. The molecule has 0 aliphatic rings. The number of nitrogens with zero attached hydrogens (tertiary/aromatic N) is 3. The van der Waals surface area contributed by atoms with E-state index in [0.717, 1.165) is 19.3 Å². The lowest BCUT2D eigenvalue weighted by atomic mass is 10.1. The summed E-state index contributed by atoms with van der Waals surface area (Å²) in [6.45, 7) is 5.65. The van der Waals surface area contributed by atoms with E-state index in [1.54, 1.807) is 6.08 Å². The monoisotopic (exact) mass is 139 g/mol. The lowest BCUT2D eigenvalue weighted by Crippen LogP contribution is -1.99. The highest BCUT2D eigenvalue weighted by molar-refractivity contribution is 4.77. The van der Waals surface area contributed by atoms with Crippen molar-refractivity contribution < 1.29 is 0 Å². The summed E-state index contributed by atoms with van der Waals surface area (Å²) in [6.07, 6.45) is 4.58. The molecule has 0 aromatic carbocycles. The molecule has 0 aromatic heterocycles. The summed E-state index contributed by atoms with van der Waals surface area (Å²) in [5, 5.41) is 3.61. The Hall–Kier alpha value is -0.950. The van der Waals surface area contributed by atoms with Crippen LogP contribution >= 0.6 is 0 Å². The highest BCUT2D eigenvalue weighted by atomic mass is 15.1. The van der Waals surface area contributed by atoms with Gasteiger partial charge >= 0.3 is 0 Å². The van der Waals surface area contributed by atoms with Gasteiger partial charge in [0.25, 0.3) is 0 Å². The maximum absolute atomic E-state index is 8.11. The van der Waals surface area contributed by atoms with Crippen LogP contribution in [0.4, 0.5) is 0 Å². The van der Waals surface area contributed by atoms with E-state index in [1.807, 2.05) is 0 Å². The highest BCUT2D eigenvalue weighted by Gasteiger charge is 2.00. The van der Waals surface area contributed by atoms with Crippen LogP contribution in [0.25, 0.3) is 10.4 Å². The smallest absolute Gasteiger partial charge is 0.0408 e. The van der Waals surface area contributed by atoms with Gasteiger partial charge in [-0.1, -0.05) is 24.5 Å². The molecule has 0 N–H and O–H groups in total. The third kappa shape index (κ3) is 3.98. The van der Waals surface area contributed by atoms with E-state index in [9.17, 15) is 0 Å². The summed E-state index contributed by atoms with van der Waals surface area (Å²) in [5.74, 6) is 0. The van der Waals surface area contributed by atoms with Gasteiger partial charge in [-0.05, 0) is 18.4 Å². The molecule has 0 bridgehead atoms. The quantitative estimate of drug-likeness (QED) is 0.243. The van der Waals surface area contributed by atoms with Gasteiger partial charge in [0.05, 0.1) is 0 Å². The first-order valence-electron chi connectivity index (χ1n) is 3.50.